The van der Waals surface area contributed by atoms with Crippen LogP contribution in [0.4, 0.5) is 5.69 Å². The van der Waals surface area contributed by atoms with Crippen LogP contribution >= 0.6 is 27.5 Å². The molecule has 0 aromatic heterocycles. The number of carbonyl (C=O) groups excluding carboxylic acids is 1. The van der Waals surface area contributed by atoms with Gasteiger partial charge in [0.1, 0.15) is 0 Å². The summed E-state index contributed by atoms with van der Waals surface area (Å²) in [6.45, 7) is 3.61. The van der Waals surface area contributed by atoms with Crippen LogP contribution in [0.25, 0.3) is 0 Å². The molecule has 0 saturated carbocycles. The second-order valence-electron chi connectivity index (χ2n) is 4.04. The maximum absolute atomic E-state index is 12.2. The number of halogens is 2. The average Bonchev–Trinajstić information content (AvgIpc) is 2.33. The molecule has 4 N–H and O–H groups in total. The Hall–Kier alpha value is -0.830. The summed E-state index contributed by atoms with van der Waals surface area (Å²) >= 11 is 8.91. The molecule has 6 nitrogen and oxygen atoms in total. The number of benzene rings is 1. The van der Waals surface area contributed by atoms with Crippen LogP contribution in [0.1, 0.15) is 13.8 Å². The molecule has 0 aliphatic rings. The number of nitrogens with two attached hydrogens (primary N) is 1. The van der Waals surface area contributed by atoms with Crippen LogP contribution in [0.3, 0.4) is 0 Å². The SMILES string of the molecule is CCNC(=O)C(C)NS(=O)(=O)c1cc(Cl)cc(N)c1Br. The van der Waals surface area contributed by atoms with E-state index in [1.165, 1.54) is 19.1 Å². The minimum absolute atomic E-state index is 0.112. The van der Waals surface area contributed by atoms with E-state index in [9.17, 15) is 13.2 Å². The summed E-state index contributed by atoms with van der Waals surface area (Å²) in [6, 6.07) is 1.78. The highest BCUT2D eigenvalue weighted by molar-refractivity contribution is 9.10. The Morgan fingerprint density at radius 2 is 2.10 bits per heavy atom. The van der Waals surface area contributed by atoms with E-state index in [1.807, 2.05) is 0 Å². The van der Waals surface area contributed by atoms with Crippen molar-refractivity contribution in [1.29, 1.82) is 0 Å². The summed E-state index contributed by atoms with van der Waals surface area (Å²) in [5, 5.41) is 2.72. The minimum atomic E-state index is -3.92. The molecule has 0 radical (unpaired) electrons. The lowest BCUT2D eigenvalue weighted by molar-refractivity contribution is -0.122. The number of nitrogen functional groups attached to an aromatic ring is 1. The molecule has 0 heterocycles. The summed E-state index contributed by atoms with van der Waals surface area (Å²) in [5.74, 6) is -0.415. The number of rotatable bonds is 5. The summed E-state index contributed by atoms with van der Waals surface area (Å²) in [6.07, 6.45) is 0. The Morgan fingerprint density at radius 1 is 1.50 bits per heavy atom. The van der Waals surface area contributed by atoms with Gasteiger partial charge in [-0.2, -0.15) is 4.72 Å². The van der Waals surface area contributed by atoms with Gasteiger partial charge in [-0.3, -0.25) is 4.79 Å². The summed E-state index contributed by atoms with van der Waals surface area (Å²) < 4.78 is 27.0. The molecule has 20 heavy (non-hydrogen) atoms. The van der Waals surface area contributed by atoms with Crippen molar-refractivity contribution >= 4 is 49.1 Å². The maximum Gasteiger partial charge on any atom is 0.242 e. The Kier molecular flexibility index (Phi) is 5.81. The zero-order valence-electron chi connectivity index (χ0n) is 10.9. The van der Waals surface area contributed by atoms with Crippen LogP contribution in [0.2, 0.25) is 5.02 Å². The minimum Gasteiger partial charge on any atom is -0.398 e. The van der Waals surface area contributed by atoms with Crippen LogP contribution in [-0.4, -0.2) is 26.9 Å². The Morgan fingerprint density at radius 3 is 2.65 bits per heavy atom. The van der Waals surface area contributed by atoms with Crippen molar-refractivity contribution in [3.05, 3.63) is 21.6 Å². The Labute approximate surface area is 131 Å². The molecule has 0 bridgehead atoms. The van der Waals surface area contributed by atoms with Gasteiger partial charge in [0.25, 0.3) is 0 Å². The standard InChI is InChI=1S/C11H15BrClN3O3S/c1-3-15-11(17)6(2)16-20(18,19)9-5-7(13)4-8(14)10(9)12/h4-6,16H,3,14H2,1-2H3,(H,15,17). The molecule has 1 aromatic carbocycles. The topological polar surface area (TPSA) is 101 Å². The monoisotopic (exact) mass is 383 g/mol. The van der Waals surface area contributed by atoms with Gasteiger partial charge >= 0.3 is 0 Å². The summed E-state index contributed by atoms with van der Waals surface area (Å²) in [5.41, 5.74) is 5.85. The fourth-order valence-electron chi connectivity index (χ4n) is 1.46. The van der Waals surface area contributed by atoms with E-state index in [0.29, 0.717) is 6.54 Å². The highest BCUT2D eigenvalue weighted by atomic mass is 79.9. The van der Waals surface area contributed by atoms with Gasteiger partial charge in [-0.05, 0) is 41.9 Å². The molecule has 1 rings (SSSR count). The highest BCUT2D eigenvalue weighted by Crippen LogP contribution is 2.31. The number of hydrogen-bond donors (Lipinski definition) is 3. The fourth-order valence-corrected chi connectivity index (χ4v) is 3.95. The largest absolute Gasteiger partial charge is 0.398 e. The van der Waals surface area contributed by atoms with E-state index in [-0.39, 0.29) is 20.1 Å². The van der Waals surface area contributed by atoms with Crippen molar-refractivity contribution in [1.82, 2.24) is 10.0 Å². The van der Waals surface area contributed by atoms with Gasteiger partial charge in [-0.15, -0.1) is 0 Å². The van der Waals surface area contributed by atoms with E-state index in [1.54, 1.807) is 6.92 Å². The second-order valence-corrected chi connectivity index (χ2v) is 6.96. The highest BCUT2D eigenvalue weighted by Gasteiger charge is 2.25. The van der Waals surface area contributed by atoms with Crippen molar-refractivity contribution in [2.24, 2.45) is 0 Å². The first-order chi connectivity index (χ1) is 9.19. The zero-order chi connectivity index (χ0) is 15.5. The predicted octanol–water partition coefficient (Wildman–Crippen LogP) is 1.49. The number of anilines is 1. The van der Waals surface area contributed by atoms with Crippen molar-refractivity contribution in [2.75, 3.05) is 12.3 Å². The molecule has 0 spiro atoms. The van der Waals surface area contributed by atoms with Crippen molar-refractivity contribution in [3.63, 3.8) is 0 Å². The molecule has 0 fully saturated rings. The molecule has 0 aliphatic carbocycles. The molecule has 1 aromatic rings. The Balaban J connectivity index is 3.09. The van der Waals surface area contributed by atoms with Crippen LogP contribution < -0.4 is 15.8 Å². The van der Waals surface area contributed by atoms with E-state index in [2.05, 4.69) is 26.0 Å². The van der Waals surface area contributed by atoms with Crippen LogP contribution in [-0.2, 0) is 14.8 Å². The Bertz CT molecular complexity index is 622. The fraction of sp³-hybridized carbons (Fsp3) is 0.364. The van der Waals surface area contributed by atoms with Crippen molar-refractivity contribution in [3.8, 4) is 0 Å². The smallest absolute Gasteiger partial charge is 0.242 e. The van der Waals surface area contributed by atoms with Gasteiger partial charge in [-0.25, -0.2) is 8.42 Å². The summed E-state index contributed by atoms with van der Waals surface area (Å²) in [4.78, 5) is 11.5. The van der Waals surface area contributed by atoms with Gasteiger partial charge in [0.15, 0.2) is 0 Å². The van der Waals surface area contributed by atoms with E-state index < -0.39 is 22.0 Å². The lowest BCUT2D eigenvalue weighted by Gasteiger charge is -2.15. The molecule has 1 unspecified atom stereocenters. The molecule has 112 valence electrons. The zero-order valence-corrected chi connectivity index (χ0v) is 14.1. The lowest BCUT2D eigenvalue weighted by atomic mass is 10.3. The first kappa shape index (κ1) is 17.2. The van der Waals surface area contributed by atoms with Gasteiger partial charge in [0.05, 0.1) is 15.4 Å². The van der Waals surface area contributed by atoms with Crippen molar-refractivity contribution < 1.29 is 13.2 Å². The van der Waals surface area contributed by atoms with Gasteiger partial charge in [0.2, 0.25) is 15.9 Å². The quantitative estimate of drug-likeness (QED) is 0.669. The number of sulfonamides is 1. The molecule has 0 saturated heterocycles. The number of nitrogens with one attached hydrogen (secondary N) is 2. The first-order valence-electron chi connectivity index (χ1n) is 5.73. The normalized spacial score (nSPS) is 13.0. The van der Waals surface area contributed by atoms with Crippen LogP contribution in [0.15, 0.2) is 21.5 Å². The molecule has 1 amide bonds. The number of likely N-dealkylation sites (N-methyl/N-ethyl adjacent to an activating group) is 1. The van der Waals surface area contributed by atoms with Crippen molar-refractivity contribution in [2.45, 2.75) is 24.8 Å². The number of amides is 1. The number of hydrogen-bond acceptors (Lipinski definition) is 4. The van der Waals surface area contributed by atoms with Gasteiger partial charge < -0.3 is 11.1 Å². The maximum atomic E-state index is 12.2. The average molecular weight is 385 g/mol. The lowest BCUT2D eigenvalue weighted by Crippen LogP contribution is -2.44. The summed E-state index contributed by atoms with van der Waals surface area (Å²) in [7, 11) is -3.92. The van der Waals surface area contributed by atoms with Crippen LogP contribution in [0, 0.1) is 0 Å². The van der Waals surface area contributed by atoms with E-state index in [4.69, 9.17) is 17.3 Å². The third-order valence-corrected chi connectivity index (χ3v) is 5.33. The molecular weight excluding hydrogens is 370 g/mol. The molecule has 1 atom stereocenters. The van der Waals surface area contributed by atoms with E-state index in [0.717, 1.165) is 0 Å². The molecular formula is C11H15BrClN3O3S. The number of carbonyl (C=O) groups is 1. The molecule has 9 heteroatoms. The third-order valence-electron chi connectivity index (χ3n) is 2.40. The van der Waals surface area contributed by atoms with Gasteiger partial charge in [0, 0.05) is 17.3 Å². The third kappa shape index (κ3) is 4.08. The second kappa shape index (κ2) is 6.75. The van der Waals surface area contributed by atoms with E-state index >= 15 is 0 Å². The predicted molar refractivity (Wildman–Crippen MR) is 82.0 cm³/mol. The first-order valence-corrected chi connectivity index (χ1v) is 8.39. The van der Waals surface area contributed by atoms with Gasteiger partial charge in [-0.1, -0.05) is 11.6 Å². The van der Waals surface area contributed by atoms with Crippen LogP contribution in [0.5, 0.6) is 0 Å². The molecule has 0 aliphatic heterocycles.